The lowest BCUT2D eigenvalue weighted by atomic mass is 9.60. The molecule has 0 atom stereocenters. The third kappa shape index (κ3) is 10.4. The van der Waals surface area contributed by atoms with Gasteiger partial charge in [0.05, 0.1) is 0 Å². The number of hydrogen-bond donors (Lipinski definition) is 0. The Balaban J connectivity index is 0.000000113. The molecule has 3 aromatic heterocycles. The van der Waals surface area contributed by atoms with Crippen LogP contribution >= 0.6 is 0 Å². The molecule has 11 aliphatic carbocycles. The van der Waals surface area contributed by atoms with E-state index in [2.05, 4.69) is 173 Å². The summed E-state index contributed by atoms with van der Waals surface area (Å²) in [5.41, 5.74) is 33.4. The van der Waals surface area contributed by atoms with Crippen molar-refractivity contribution in [3.8, 4) is 44.9 Å². The molecule has 0 saturated heterocycles. The Hall–Kier alpha value is -10.4. The molecule has 2 saturated carbocycles. The zero-order valence-electron chi connectivity index (χ0n) is 69.2. The molecule has 2 fully saturated rings. The van der Waals surface area contributed by atoms with E-state index >= 15 is 0 Å². The molecule has 3 nitrogen and oxygen atoms in total. The van der Waals surface area contributed by atoms with E-state index in [4.69, 9.17) is 0 Å². The third-order valence-electron chi connectivity index (χ3n) is 24.2. The van der Waals surface area contributed by atoms with Gasteiger partial charge < -0.3 is 0 Å². The maximum atomic E-state index is 10.1. The van der Waals surface area contributed by atoms with Crippen LogP contribution in [-0.2, 0) is 21.1 Å². The molecule has 6 bridgehead atoms. The van der Waals surface area contributed by atoms with Crippen LogP contribution in [0.25, 0.3) is 44.9 Å². The number of aryl methyl sites for hydroxylation is 8. The Morgan fingerprint density at radius 2 is 0.548 bits per heavy atom. The van der Waals surface area contributed by atoms with E-state index in [-0.39, 0.29) is 0 Å². The monoisotopic (exact) mass is 1360 g/mol. The van der Waals surface area contributed by atoms with E-state index in [1.807, 2.05) is 152 Å². The lowest BCUT2D eigenvalue weighted by molar-refractivity contribution is -0.660. The van der Waals surface area contributed by atoms with Gasteiger partial charge in [0.25, 0.3) is 0 Å². The van der Waals surface area contributed by atoms with Gasteiger partial charge in [-0.25, -0.2) is 13.7 Å². The average molecular weight is 1360 g/mol. The summed E-state index contributed by atoms with van der Waals surface area (Å²) in [5.74, 6) is -7.36. The molecule has 0 radical (unpaired) electrons. The lowest BCUT2D eigenvalue weighted by Crippen LogP contribution is -2.33. The van der Waals surface area contributed by atoms with E-state index in [1.165, 1.54) is 35.1 Å². The Kier molecular flexibility index (Phi) is 13.9. The normalized spacial score (nSPS) is 25.2. The van der Waals surface area contributed by atoms with Crippen LogP contribution in [0.15, 0.2) is 255 Å². The summed E-state index contributed by atoms with van der Waals surface area (Å²) in [6.07, 6.45) is 17.0. The summed E-state index contributed by atoms with van der Waals surface area (Å²) in [6.45, 7) is 10.7. The molecule has 3 heterocycles. The minimum absolute atomic E-state index is 0.526. The van der Waals surface area contributed by atoms with Crippen molar-refractivity contribution in [1.82, 2.24) is 0 Å². The Labute approximate surface area is 627 Å². The summed E-state index contributed by atoms with van der Waals surface area (Å²) < 4.78 is 85.1. The maximum Gasteiger partial charge on any atom is 0.213 e. The van der Waals surface area contributed by atoms with Crippen molar-refractivity contribution in [2.45, 2.75) is 146 Å². The maximum absolute atomic E-state index is 10.1. The summed E-state index contributed by atoms with van der Waals surface area (Å²) >= 11 is 0. The summed E-state index contributed by atoms with van der Waals surface area (Å²) in [7, 11) is 6.24. The predicted molar refractivity (Wildman–Crippen MR) is 424 cm³/mol. The highest BCUT2D eigenvalue weighted by Crippen LogP contribution is 2.60. The first kappa shape index (κ1) is 56.2. The van der Waals surface area contributed by atoms with Gasteiger partial charge in [0, 0.05) is 98.4 Å². The molecule has 3 heteroatoms. The van der Waals surface area contributed by atoms with Gasteiger partial charge in [-0.3, -0.25) is 0 Å². The van der Waals surface area contributed by atoms with Crippen molar-refractivity contribution in [3.63, 3.8) is 0 Å². The van der Waals surface area contributed by atoms with Crippen LogP contribution in [0, 0.1) is 34.6 Å². The van der Waals surface area contributed by atoms with Gasteiger partial charge in [-0.15, -0.1) is 0 Å². The first-order chi connectivity index (χ1) is 53.8. The topological polar surface area (TPSA) is 11.6 Å². The fraction of sp³-hybridized carbons (Fsp3) is 0.257. The van der Waals surface area contributed by atoms with Gasteiger partial charge in [-0.2, -0.15) is 0 Å². The van der Waals surface area contributed by atoms with Gasteiger partial charge >= 0.3 is 0 Å². The van der Waals surface area contributed by atoms with E-state index in [0.717, 1.165) is 213 Å². The molecule has 104 heavy (non-hydrogen) atoms. The fourth-order valence-corrected chi connectivity index (χ4v) is 19.3. The van der Waals surface area contributed by atoms with Crippen LogP contribution in [0.4, 0.5) is 0 Å². The second kappa shape index (κ2) is 25.8. The first-order valence-electron chi connectivity index (χ1n) is 42.0. The van der Waals surface area contributed by atoms with Crippen LogP contribution in [0.5, 0.6) is 0 Å². The molecule has 510 valence electrons. The van der Waals surface area contributed by atoms with Crippen molar-refractivity contribution < 1.29 is 24.7 Å². The second-order valence-electron chi connectivity index (χ2n) is 30.5. The number of rotatable bonds is 6. The average Bonchev–Trinajstić information content (AvgIpc) is 0.675. The lowest BCUT2D eigenvalue weighted by Gasteiger charge is -2.42. The molecule has 0 N–H and O–H groups in total. The Bertz CT molecular complexity index is 5980. The molecule has 0 spiro atoms. The van der Waals surface area contributed by atoms with Crippen LogP contribution in [0.3, 0.4) is 0 Å². The van der Waals surface area contributed by atoms with E-state index in [9.17, 15) is 11.0 Å². The quantitative estimate of drug-likeness (QED) is 0.147. The van der Waals surface area contributed by atoms with Crippen molar-refractivity contribution in [3.05, 3.63) is 394 Å². The van der Waals surface area contributed by atoms with Gasteiger partial charge in [0.1, 0.15) is 21.1 Å². The number of nitrogens with zero attached hydrogens (tertiary/aromatic N) is 3. The number of hydrogen-bond acceptors (Lipinski definition) is 0. The van der Waals surface area contributed by atoms with Gasteiger partial charge in [-0.1, -0.05) is 233 Å². The van der Waals surface area contributed by atoms with Crippen molar-refractivity contribution in [2.75, 3.05) is 0 Å². The molecule has 0 aliphatic heterocycles. The summed E-state index contributed by atoms with van der Waals surface area (Å²) in [4.78, 5) is 0. The molecular weight excluding hydrogens is 1260 g/mol. The molecule has 13 aromatic rings. The van der Waals surface area contributed by atoms with Gasteiger partial charge in [0.2, 0.25) is 17.1 Å². The predicted octanol–water partition coefficient (Wildman–Crippen LogP) is 22.8. The summed E-state index contributed by atoms with van der Waals surface area (Å²) in [5, 5.41) is 0. The first-order valence-corrected chi connectivity index (χ1v) is 38.0. The highest BCUT2D eigenvalue weighted by Gasteiger charge is 2.45. The van der Waals surface area contributed by atoms with Crippen LogP contribution in [0.2, 0.25) is 0 Å². The van der Waals surface area contributed by atoms with Crippen LogP contribution in [0.1, 0.15) is 261 Å². The molecule has 11 aliphatic rings. The molecule has 0 unspecified atom stereocenters. The third-order valence-corrected chi connectivity index (χ3v) is 24.2. The van der Waals surface area contributed by atoms with E-state index in [1.54, 1.807) is 0 Å². The zero-order chi connectivity index (χ0) is 77.6. The molecule has 24 rings (SSSR count). The van der Waals surface area contributed by atoms with Crippen LogP contribution in [-0.4, -0.2) is 0 Å². The number of pyridine rings is 3. The molecule has 10 aromatic carbocycles. The number of benzene rings is 10. The van der Waals surface area contributed by atoms with Gasteiger partial charge in [-0.05, 0) is 229 Å². The zero-order valence-corrected chi connectivity index (χ0v) is 61.2. The second-order valence-corrected chi connectivity index (χ2v) is 30.5. The molecular formula is C101H94N3+3. The summed E-state index contributed by atoms with van der Waals surface area (Å²) in [6, 6.07) is 80.9. The van der Waals surface area contributed by atoms with Crippen molar-refractivity contribution in [1.29, 1.82) is 0 Å². The Morgan fingerprint density at radius 1 is 0.250 bits per heavy atom. The largest absolute Gasteiger partial charge is 0.213 e. The van der Waals surface area contributed by atoms with Crippen LogP contribution < -0.4 is 13.7 Å². The highest BCUT2D eigenvalue weighted by molar-refractivity contribution is 5.79. The molecule has 0 amide bonds. The van der Waals surface area contributed by atoms with Crippen molar-refractivity contribution >= 4 is 0 Å². The van der Waals surface area contributed by atoms with E-state index in [0.29, 0.717) is 0 Å². The van der Waals surface area contributed by atoms with Crippen molar-refractivity contribution in [2.24, 2.45) is 21.1 Å². The SMILES string of the molecule is [2H]C1(c2cc(-c3cc4c(cc3C)C3([2H])c5ccccc5C4([2H])c4ccccc43)[n+](C)cc2C)CCCCC1.[2H]C1(c2cc[n+](C)c(-c3cc4c(cc3C)C3([2H])c5ccccc5C4([2H])c4ccccc43)c2)CCCCC1.[2H]C12c3ccccc3C([2H])(c3ccccc31)c1cc(-c3cc(-c4ccccc4)c(C)c[n+]3C)c(C)cc12. The highest BCUT2D eigenvalue weighted by atomic mass is 14.9. The fourth-order valence-electron chi connectivity index (χ4n) is 19.3. The minimum Gasteiger partial charge on any atom is -0.201 e. The Morgan fingerprint density at radius 3 is 0.904 bits per heavy atom. The smallest absolute Gasteiger partial charge is 0.201 e. The standard InChI is InChI=1S/C34H34N.C34H28N.C33H32N/c2*1-21-17-30-31(34-26-15-9-7-13-24(26)33(30)25-14-8-10-16-27(25)34)18-29(21)32-19-28(22(2)20-35(32)3)23-11-5-4-6-12-23;1-21-18-29-30(20-28(21)31-19-23(16-17-34(31)2)22-10-4-3-5-11-22)33-26-14-8-6-12-24(26)32(29)25-13-7-9-15-27(25)33/h7-10,13-20,23,33-34H,4-6,11-12H2,1-3H3;4-20,33-34H,1-3H3;6-9,12-20,22,32-33H,3-5,10-11H2,1-2H3/q3*+1/i23D,33D,34D;33D,34D;22D,32D,33D. The van der Waals surface area contributed by atoms with Gasteiger partial charge in [0.15, 0.2) is 18.6 Å². The van der Waals surface area contributed by atoms with E-state index < -0.39 is 47.2 Å². The number of aromatic nitrogens is 3. The minimum atomic E-state index is -1.07.